The maximum absolute atomic E-state index is 12.4. The Morgan fingerprint density at radius 1 is 1.25 bits per heavy atom. The molecule has 0 radical (unpaired) electrons. The van der Waals surface area contributed by atoms with Crippen LogP contribution < -0.4 is 10.0 Å². The molecule has 0 aliphatic carbocycles. The highest BCUT2D eigenvalue weighted by atomic mass is 32.2. The van der Waals surface area contributed by atoms with E-state index in [1.54, 1.807) is 25.7 Å². The number of sulfonamides is 1. The third-order valence-corrected chi connectivity index (χ3v) is 4.23. The second-order valence-electron chi connectivity index (χ2n) is 7.04. The monoisotopic (exact) mass is 363 g/mol. The molecule has 0 saturated carbocycles. The van der Waals surface area contributed by atoms with Crippen LogP contribution in [-0.2, 0) is 19.6 Å². The summed E-state index contributed by atoms with van der Waals surface area (Å²) in [5, 5.41) is 2.56. The lowest BCUT2D eigenvalue weighted by molar-refractivity contribution is -0.134. The van der Waals surface area contributed by atoms with Crippen molar-refractivity contribution >= 4 is 22.0 Å². The van der Waals surface area contributed by atoms with Crippen LogP contribution in [0, 0.1) is 0 Å². The van der Waals surface area contributed by atoms with Crippen molar-refractivity contribution in [2.75, 3.05) is 25.9 Å². The van der Waals surface area contributed by atoms with Crippen LogP contribution in [0.3, 0.4) is 0 Å². The van der Waals surface area contributed by atoms with Crippen molar-refractivity contribution < 1.29 is 22.7 Å². The lowest BCUT2D eigenvalue weighted by Gasteiger charge is -2.36. The van der Waals surface area contributed by atoms with Crippen molar-refractivity contribution in [1.29, 1.82) is 0 Å². The van der Waals surface area contributed by atoms with Crippen molar-refractivity contribution in [1.82, 2.24) is 14.9 Å². The molecule has 2 amide bonds. The molecule has 24 heavy (non-hydrogen) atoms. The van der Waals surface area contributed by atoms with Crippen molar-refractivity contribution in [2.24, 2.45) is 0 Å². The first-order chi connectivity index (χ1) is 11.0. The maximum atomic E-state index is 12.4. The van der Waals surface area contributed by atoms with Crippen molar-refractivity contribution in [3.05, 3.63) is 0 Å². The summed E-state index contributed by atoms with van der Waals surface area (Å²) in [5.74, 6) is -0.0916. The first kappa shape index (κ1) is 20.7. The zero-order chi connectivity index (χ0) is 18.4. The van der Waals surface area contributed by atoms with E-state index in [0.29, 0.717) is 6.54 Å². The van der Waals surface area contributed by atoms with E-state index in [9.17, 15) is 18.0 Å². The summed E-state index contributed by atoms with van der Waals surface area (Å²) in [6.45, 7) is 6.34. The van der Waals surface area contributed by atoms with Crippen molar-refractivity contribution in [3.63, 3.8) is 0 Å². The van der Waals surface area contributed by atoms with Gasteiger partial charge in [-0.05, 0) is 40.0 Å². The number of nitrogens with zero attached hydrogens (tertiary/aromatic N) is 1. The van der Waals surface area contributed by atoms with Gasteiger partial charge in [0.15, 0.2) is 0 Å². The van der Waals surface area contributed by atoms with Gasteiger partial charge in [-0.1, -0.05) is 0 Å². The average molecular weight is 363 g/mol. The minimum Gasteiger partial charge on any atom is -0.444 e. The minimum atomic E-state index is -3.28. The van der Waals surface area contributed by atoms with Crippen LogP contribution in [-0.4, -0.2) is 62.9 Å². The molecule has 1 unspecified atom stereocenters. The number of rotatable bonds is 6. The topological polar surface area (TPSA) is 105 Å². The van der Waals surface area contributed by atoms with E-state index in [4.69, 9.17) is 4.74 Å². The van der Waals surface area contributed by atoms with Crippen LogP contribution in [0.2, 0.25) is 0 Å². The van der Waals surface area contributed by atoms with Gasteiger partial charge in [-0.2, -0.15) is 0 Å². The molecule has 1 fully saturated rings. The van der Waals surface area contributed by atoms with Gasteiger partial charge in [-0.25, -0.2) is 17.9 Å². The molecule has 0 aromatic heterocycles. The lowest BCUT2D eigenvalue weighted by atomic mass is 10.0. The Hall–Kier alpha value is -1.35. The maximum Gasteiger partial charge on any atom is 0.407 e. The van der Waals surface area contributed by atoms with Crippen LogP contribution in [0.25, 0.3) is 0 Å². The third-order valence-electron chi connectivity index (χ3n) is 3.54. The van der Waals surface area contributed by atoms with E-state index in [2.05, 4.69) is 10.0 Å². The molecule has 9 heteroatoms. The highest BCUT2D eigenvalue weighted by molar-refractivity contribution is 7.88. The highest BCUT2D eigenvalue weighted by Gasteiger charge is 2.27. The van der Waals surface area contributed by atoms with Gasteiger partial charge in [-0.3, -0.25) is 4.79 Å². The zero-order valence-corrected chi connectivity index (χ0v) is 15.7. The largest absolute Gasteiger partial charge is 0.444 e. The number of hydrogen-bond acceptors (Lipinski definition) is 5. The molecule has 0 aromatic rings. The number of hydrogen-bond donors (Lipinski definition) is 2. The van der Waals surface area contributed by atoms with E-state index < -0.39 is 21.7 Å². The Kier molecular flexibility index (Phi) is 7.47. The molecule has 0 bridgehead atoms. The first-order valence-electron chi connectivity index (χ1n) is 8.19. The molecule has 140 valence electrons. The minimum absolute atomic E-state index is 0.0916. The molecular formula is C15H29N3O5S. The fourth-order valence-corrected chi connectivity index (χ4v) is 3.01. The lowest BCUT2D eigenvalue weighted by Crippen LogP contribution is -2.49. The van der Waals surface area contributed by atoms with E-state index in [0.717, 1.165) is 25.5 Å². The molecule has 1 rings (SSSR count). The smallest absolute Gasteiger partial charge is 0.407 e. The van der Waals surface area contributed by atoms with Crippen LogP contribution >= 0.6 is 0 Å². The molecular weight excluding hydrogens is 334 g/mol. The molecule has 8 nitrogen and oxygen atoms in total. The fraction of sp³-hybridized carbons (Fsp3) is 0.867. The Labute approximate surface area is 144 Å². The van der Waals surface area contributed by atoms with Crippen LogP contribution in [0.5, 0.6) is 0 Å². The van der Waals surface area contributed by atoms with Crippen LogP contribution in [0.1, 0.15) is 46.5 Å². The molecule has 1 aliphatic heterocycles. The molecule has 0 spiro atoms. The summed E-state index contributed by atoms with van der Waals surface area (Å²) < 4.78 is 30.0. The van der Waals surface area contributed by atoms with Crippen LogP contribution in [0.15, 0.2) is 0 Å². The summed E-state index contributed by atoms with van der Waals surface area (Å²) in [6.07, 6.45) is 3.36. The SMILES string of the molecule is CC(C)(C)OC(=O)NCCC(=O)N1CCCCC1CNS(C)(=O)=O. The number of alkyl carbamates (subject to hydrolysis) is 1. The van der Waals surface area contributed by atoms with Gasteiger partial charge in [0, 0.05) is 32.1 Å². The zero-order valence-electron chi connectivity index (χ0n) is 14.9. The Balaban J connectivity index is 2.44. The van der Waals surface area contributed by atoms with Crippen LogP contribution in [0.4, 0.5) is 4.79 Å². The van der Waals surface area contributed by atoms with E-state index >= 15 is 0 Å². The normalized spacial score (nSPS) is 19.0. The van der Waals surface area contributed by atoms with Gasteiger partial charge in [0.2, 0.25) is 15.9 Å². The molecule has 1 aliphatic rings. The third kappa shape index (κ3) is 8.49. The Morgan fingerprint density at radius 2 is 1.92 bits per heavy atom. The number of piperidine rings is 1. The second-order valence-corrected chi connectivity index (χ2v) is 8.87. The molecule has 1 atom stereocenters. The van der Waals surface area contributed by atoms with Crippen molar-refractivity contribution in [3.8, 4) is 0 Å². The summed E-state index contributed by atoms with van der Waals surface area (Å²) in [7, 11) is -3.28. The number of likely N-dealkylation sites (tertiary alicyclic amines) is 1. The van der Waals surface area contributed by atoms with E-state index in [1.807, 2.05) is 0 Å². The van der Waals surface area contributed by atoms with E-state index in [1.165, 1.54) is 0 Å². The summed E-state index contributed by atoms with van der Waals surface area (Å²) in [4.78, 5) is 25.6. The standard InChI is InChI=1S/C15H29N3O5S/c1-15(2,3)23-14(20)16-9-8-13(19)18-10-6-5-7-12(18)11-17-24(4,21)22/h12,17H,5-11H2,1-4H3,(H,16,20). The summed E-state index contributed by atoms with van der Waals surface area (Å²) >= 11 is 0. The van der Waals surface area contributed by atoms with Gasteiger partial charge in [0.1, 0.15) is 5.60 Å². The number of ether oxygens (including phenoxy) is 1. The van der Waals surface area contributed by atoms with Gasteiger partial charge >= 0.3 is 6.09 Å². The van der Waals surface area contributed by atoms with Gasteiger partial charge in [0.05, 0.1) is 6.26 Å². The summed E-state index contributed by atoms with van der Waals surface area (Å²) in [6, 6.07) is -0.137. The first-order valence-corrected chi connectivity index (χ1v) is 10.1. The number of nitrogens with one attached hydrogen (secondary N) is 2. The number of carbonyl (C=O) groups is 2. The predicted molar refractivity (Wildman–Crippen MR) is 91.1 cm³/mol. The second kappa shape index (κ2) is 8.66. The molecule has 1 heterocycles. The Bertz CT molecular complexity index is 542. The van der Waals surface area contributed by atoms with Gasteiger partial charge in [0.25, 0.3) is 0 Å². The summed E-state index contributed by atoms with van der Waals surface area (Å²) in [5.41, 5.74) is -0.580. The molecule has 2 N–H and O–H groups in total. The number of amides is 2. The van der Waals surface area contributed by atoms with Gasteiger partial charge in [-0.15, -0.1) is 0 Å². The molecule has 0 aromatic carbocycles. The molecule has 1 saturated heterocycles. The quantitative estimate of drug-likeness (QED) is 0.727. The highest BCUT2D eigenvalue weighted by Crippen LogP contribution is 2.17. The number of carbonyl (C=O) groups excluding carboxylic acids is 2. The predicted octanol–water partition coefficient (Wildman–Crippen LogP) is 0.832. The average Bonchev–Trinajstić information content (AvgIpc) is 2.42. The van der Waals surface area contributed by atoms with Gasteiger partial charge < -0.3 is 15.0 Å². The van der Waals surface area contributed by atoms with Crippen molar-refractivity contribution in [2.45, 2.75) is 58.1 Å². The fourth-order valence-electron chi connectivity index (χ4n) is 2.52. The van der Waals surface area contributed by atoms with E-state index in [-0.39, 0.29) is 31.5 Å². The Morgan fingerprint density at radius 3 is 2.50 bits per heavy atom.